The van der Waals surface area contributed by atoms with Crippen molar-refractivity contribution < 1.29 is 0 Å². The van der Waals surface area contributed by atoms with Gasteiger partial charge in [0.05, 0.1) is 22.6 Å². The van der Waals surface area contributed by atoms with Crippen LogP contribution in [-0.4, -0.2) is 16.1 Å². The number of unbranched alkanes of at least 4 members (excludes halogenated alkanes) is 1. The zero-order valence-electron chi connectivity index (χ0n) is 16.0. The third-order valence-corrected chi connectivity index (χ3v) is 4.92. The van der Waals surface area contributed by atoms with Crippen molar-refractivity contribution in [1.29, 1.82) is 0 Å². The van der Waals surface area contributed by atoms with E-state index < -0.39 is 0 Å². The van der Waals surface area contributed by atoms with E-state index in [1.807, 2.05) is 30.3 Å². The molecular weight excluding hydrogens is 322 g/mol. The van der Waals surface area contributed by atoms with Crippen molar-refractivity contribution in [3.63, 3.8) is 0 Å². The number of aromatic nitrogens is 2. The molecule has 2 aromatic carbocycles. The molecule has 26 heavy (non-hydrogen) atoms. The number of hydrogen-bond acceptors (Lipinski definition) is 3. The van der Waals surface area contributed by atoms with E-state index >= 15 is 0 Å². The maximum absolute atomic E-state index is 13.3. The van der Waals surface area contributed by atoms with E-state index in [0.29, 0.717) is 5.39 Å². The maximum Gasteiger partial charge on any atom is 0.266 e. The first-order chi connectivity index (χ1) is 12.5. The summed E-state index contributed by atoms with van der Waals surface area (Å²) in [5.41, 5.74) is 3.98. The van der Waals surface area contributed by atoms with Crippen LogP contribution in [0.5, 0.6) is 0 Å². The molecule has 1 heterocycles. The Hall–Kier alpha value is -2.46. The van der Waals surface area contributed by atoms with Crippen LogP contribution in [0.2, 0.25) is 0 Å². The van der Waals surface area contributed by atoms with Gasteiger partial charge in [0.1, 0.15) is 5.82 Å². The fourth-order valence-electron chi connectivity index (χ4n) is 3.14. The van der Waals surface area contributed by atoms with Crippen LogP contribution in [0.3, 0.4) is 0 Å². The minimum atomic E-state index is -0.0157. The first-order valence-electron chi connectivity index (χ1n) is 9.35. The van der Waals surface area contributed by atoms with Gasteiger partial charge in [-0.1, -0.05) is 31.5 Å². The Morgan fingerprint density at radius 3 is 2.62 bits per heavy atom. The molecule has 0 aliphatic carbocycles. The molecular formula is C22H27N3O. The summed E-state index contributed by atoms with van der Waals surface area (Å²) in [5.74, 6) is 0.757. The van der Waals surface area contributed by atoms with Gasteiger partial charge in [-0.05, 0) is 69.1 Å². The minimum absolute atomic E-state index is 0.0135. The van der Waals surface area contributed by atoms with E-state index in [1.54, 1.807) is 4.57 Å². The fraction of sp³-hybridized carbons (Fsp3) is 0.364. The highest BCUT2D eigenvalue weighted by Gasteiger charge is 2.17. The second kappa shape index (κ2) is 7.83. The van der Waals surface area contributed by atoms with Gasteiger partial charge in [-0.15, -0.1) is 0 Å². The van der Waals surface area contributed by atoms with Gasteiger partial charge < -0.3 is 5.32 Å². The average molecular weight is 349 g/mol. The molecule has 3 rings (SSSR count). The highest BCUT2D eigenvalue weighted by atomic mass is 16.1. The van der Waals surface area contributed by atoms with Crippen LogP contribution in [0.4, 0.5) is 0 Å². The van der Waals surface area contributed by atoms with E-state index in [0.717, 1.165) is 36.4 Å². The van der Waals surface area contributed by atoms with Crippen molar-refractivity contribution in [3.05, 3.63) is 69.8 Å². The van der Waals surface area contributed by atoms with Crippen LogP contribution < -0.4 is 10.9 Å². The molecule has 0 saturated carbocycles. The number of para-hydroxylation sites is 1. The lowest BCUT2D eigenvalue weighted by atomic mass is 10.1. The van der Waals surface area contributed by atoms with Gasteiger partial charge in [0, 0.05) is 0 Å². The van der Waals surface area contributed by atoms with E-state index in [1.165, 1.54) is 11.1 Å². The molecule has 1 N–H and O–H groups in total. The van der Waals surface area contributed by atoms with Gasteiger partial charge in [-0.25, -0.2) is 4.98 Å². The predicted octanol–water partition coefficient (Wildman–Crippen LogP) is 4.45. The summed E-state index contributed by atoms with van der Waals surface area (Å²) in [6, 6.07) is 13.7. The molecule has 1 atom stereocenters. The molecule has 0 unspecified atom stereocenters. The molecule has 136 valence electrons. The number of nitrogens with zero attached hydrogens (tertiary/aromatic N) is 2. The SMILES string of the molecule is CCCCN[C@H](C)c1nc2ccccc2c(=O)n1-c1ccc(C)c(C)c1. The summed E-state index contributed by atoms with van der Waals surface area (Å²) in [6.07, 6.45) is 2.24. The summed E-state index contributed by atoms with van der Waals surface area (Å²) in [6.45, 7) is 9.31. The van der Waals surface area contributed by atoms with Crippen molar-refractivity contribution in [2.45, 2.75) is 46.6 Å². The van der Waals surface area contributed by atoms with Crippen LogP contribution >= 0.6 is 0 Å². The van der Waals surface area contributed by atoms with Crippen LogP contribution in [0, 0.1) is 13.8 Å². The van der Waals surface area contributed by atoms with Crippen LogP contribution in [0.15, 0.2) is 47.3 Å². The third kappa shape index (κ3) is 3.56. The Labute approximate surface area is 154 Å². The first-order valence-corrected chi connectivity index (χ1v) is 9.35. The Kier molecular flexibility index (Phi) is 5.52. The summed E-state index contributed by atoms with van der Waals surface area (Å²) < 4.78 is 1.76. The van der Waals surface area contributed by atoms with Gasteiger partial charge >= 0.3 is 0 Å². The topological polar surface area (TPSA) is 46.9 Å². The molecule has 0 saturated heterocycles. The number of aryl methyl sites for hydroxylation is 2. The second-order valence-corrected chi connectivity index (χ2v) is 6.93. The lowest BCUT2D eigenvalue weighted by molar-refractivity contribution is 0.520. The lowest BCUT2D eigenvalue weighted by Gasteiger charge is -2.20. The molecule has 0 fully saturated rings. The molecule has 0 spiro atoms. The van der Waals surface area contributed by atoms with Crippen molar-refractivity contribution >= 4 is 10.9 Å². The Morgan fingerprint density at radius 2 is 1.88 bits per heavy atom. The average Bonchev–Trinajstić information content (AvgIpc) is 2.64. The smallest absolute Gasteiger partial charge is 0.266 e. The fourth-order valence-corrected chi connectivity index (χ4v) is 3.14. The van der Waals surface area contributed by atoms with Gasteiger partial charge in [0.25, 0.3) is 5.56 Å². The van der Waals surface area contributed by atoms with Crippen molar-refractivity contribution in [2.75, 3.05) is 6.54 Å². The van der Waals surface area contributed by atoms with Crippen LogP contribution in [-0.2, 0) is 0 Å². The van der Waals surface area contributed by atoms with E-state index in [9.17, 15) is 4.79 Å². The van der Waals surface area contributed by atoms with Crippen LogP contribution in [0.1, 0.15) is 49.7 Å². The molecule has 0 amide bonds. The molecule has 3 aromatic rings. The maximum atomic E-state index is 13.3. The zero-order chi connectivity index (χ0) is 18.7. The highest BCUT2D eigenvalue weighted by molar-refractivity contribution is 5.77. The quantitative estimate of drug-likeness (QED) is 0.669. The van der Waals surface area contributed by atoms with Crippen molar-refractivity contribution in [2.24, 2.45) is 0 Å². The molecule has 0 aliphatic heterocycles. The van der Waals surface area contributed by atoms with Crippen molar-refractivity contribution in [1.82, 2.24) is 14.9 Å². The largest absolute Gasteiger partial charge is 0.308 e. The standard InChI is InChI=1S/C22H27N3O/c1-5-6-13-23-17(4)21-24-20-10-8-7-9-19(20)22(26)25(21)18-12-11-15(2)16(3)14-18/h7-12,14,17,23H,5-6,13H2,1-4H3/t17-/m1/s1. The number of fused-ring (bicyclic) bond motifs is 1. The second-order valence-electron chi connectivity index (χ2n) is 6.93. The summed E-state index contributed by atoms with van der Waals surface area (Å²) in [5, 5.41) is 4.15. The Balaban J connectivity index is 2.20. The number of rotatable bonds is 6. The molecule has 0 aliphatic rings. The molecule has 1 aromatic heterocycles. The summed E-state index contributed by atoms with van der Waals surface area (Å²) >= 11 is 0. The van der Waals surface area contributed by atoms with E-state index in [-0.39, 0.29) is 11.6 Å². The minimum Gasteiger partial charge on any atom is -0.308 e. The molecule has 4 nitrogen and oxygen atoms in total. The zero-order valence-corrected chi connectivity index (χ0v) is 16.0. The number of nitrogens with one attached hydrogen (secondary N) is 1. The molecule has 0 bridgehead atoms. The Morgan fingerprint density at radius 1 is 1.12 bits per heavy atom. The highest BCUT2D eigenvalue weighted by Crippen LogP contribution is 2.20. The van der Waals surface area contributed by atoms with Gasteiger partial charge in [0.15, 0.2) is 0 Å². The number of hydrogen-bond donors (Lipinski definition) is 1. The lowest BCUT2D eigenvalue weighted by Crippen LogP contribution is -2.30. The predicted molar refractivity (Wildman–Crippen MR) is 108 cm³/mol. The molecule has 0 radical (unpaired) electrons. The normalized spacial score (nSPS) is 12.5. The summed E-state index contributed by atoms with van der Waals surface area (Å²) in [4.78, 5) is 18.1. The third-order valence-electron chi connectivity index (χ3n) is 4.92. The summed E-state index contributed by atoms with van der Waals surface area (Å²) in [7, 11) is 0. The van der Waals surface area contributed by atoms with Crippen molar-refractivity contribution in [3.8, 4) is 5.69 Å². The van der Waals surface area contributed by atoms with Gasteiger partial charge in [-0.3, -0.25) is 9.36 Å². The van der Waals surface area contributed by atoms with Crippen LogP contribution in [0.25, 0.3) is 16.6 Å². The first kappa shape index (κ1) is 18.3. The monoisotopic (exact) mass is 349 g/mol. The van der Waals surface area contributed by atoms with E-state index in [2.05, 4.69) is 45.1 Å². The van der Waals surface area contributed by atoms with E-state index in [4.69, 9.17) is 4.98 Å². The van der Waals surface area contributed by atoms with Gasteiger partial charge in [0.2, 0.25) is 0 Å². The Bertz CT molecular complexity index is 975. The number of benzene rings is 2. The van der Waals surface area contributed by atoms with Gasteiger partial charge in [-0.2, -0.15) is 0 Å². The molecule has 4 heteroatoms.